The number of rotatable bonds is 8. The first-order valence-electron chi connectivity index (χ1n) is 9.32. The summed E-state index contributed by atoms with van der Waals surface area (Å²) in [5.74, 6) is -2.76. The van der Waals surface area contributed by atoms with Crippen molar-refractivity contribution in [2.24, 2.45) is 0 Å². The molecule has 0 aliphatic carbocycles. The molecule has 1 aliphatic rings. The van der Waals surface area contributed by atoms with Gasteiger partial charge in [0, 0.05) is 17.9 Å². The van der Waals surface area contributed by atoms with Gasteiger partial charge in [-0.2, -0.15) is 0 Å². The molecule has 0 unspecified atom stereocenters. The lowest BCUT2D eigenvalue weighted by Gasteiger charge is -2.15. The average molecular weight is 428 g/mol. The third kappa shape index (κ3) is 4.71. The molecule has 2 N–H and O–H groups in total. The van der Waals surface area contributed by atoms with Gasteiger partial charge in [-0.15, -0.1) is 11.3 Å². The van der Waals surface area contributed by atoms with E-state index in [1.54, 1.807) is 41.8 Å². The van der Waals surface area contributed by atoms with Crippen LogP contribution in [0, 0.1) is 0 Å². The van der Waals surface area contributed by atoms with Crippen molar-refractivity contribution in [3.63, 3.8) is 0 Å². The predicted molar refractivity (Wildman–Crippen MR) is 111 cm³/mol. The Hall–Kier alpha value is -3.53. The minimum atomic E-state index is -1.00. The number of hydrogen-bond donors (Lipinski definition) is 2. The molecule has 1 saturated heterocycles. The van der Waals surface area contributed by atoms with Crippen molar-refractivity contribution in [2.45, 2.75) is 19.8 Å². The molecule has 9 nitrogen and oxygen atoms in total. The Bertz CT molecular complexity index is 972. The van der Waals surface area contributed by atoms with E-state index in [1.165, 1.54) is 11.3 Å². The van der Waals surface area contributed by atoms with Crippen LogP contribution in [0.5, 0.6) is 0 Å². The van der Waals surface area contributed by atoms with Gasteiger partial charge in [0.05, 0.1) is 4.88 Å². The van der Waals surface area contributed by atoms with Crippen LogP contribution in [0.1, 0.15) is 29.4 Å². The largest absolute Gasteiger partial charge is 0.334 e. The number of carbonyl (C=O) groups is 5. The average Bonchev–Trinajstić information content (AvgIpc) is 3.33. The van der Waals surface area contributed by atoms with Gasteiger partial charge in [0.2, 0.25) is 5.91 Å². The molecular formula is C20H20N4O5S. The summed E-state index contributed by atoms with van der Waals surface area (Å²) in [5.41, 5.74) is 0.968. The first-order chi connectivity index (χ1) is 14.4. The lowest BCUT2D eigenvalue weighted by atomic mass is 10.2. The molecule has 2 heterocycles. The fourth-order valence-electron chi connectivity index (χ4n) is 2.78. The van der Waals surface area contributed by atoms with E-state index in [1.807, 2.05) is 6.92 Å². The molecule has 0 atom stereocenters. The lowest BCUT2D eigenvalue weighted by molar-refractivity contribution is -0.143. The Kier molecular flexibility index (Phi) is 6.58. The second-order valence-electron chi connectivity index (χ2n) is 6.54. The van der Waals surface area contributed by atoms with Crippen LogP contribution in [-0.4, -0.2) is 52.5 Å². The van der Waals surface area contributed by atoms with E-state index in [0.717, 1.165) is 11.3 Å². The number of carbonyl (C=O) groups excluding carboxylic acids is 5. The fraction of sp³-hybridized carbons (Fsp3) is 0.250. The van der Waals surface area contributed by atoms with E-state index in [2.05, 4.69) is 10.6 Å². The van der Waals surface area contributed by atoms with Gasteiger partial charge in [-0.05, 0) is 42.1 Å². The molecule has 30 heavy (non-hydrogen) atoms. The van der Waals surface area contributed by atoms with Gasteiger partial charge < -0.3 is 10.6 Å². The van der Waals surface area contributed by atoms with Crippen LogP contribution in [0.3, 0.4) is 0 Å². The minimum Gasteiger partial charge on any atom is -0.325 e. The molecular weight excluding hydrogens is 408 g/mol. The van der Waals surface area contributed by atoms with E-state index in [0.29, 0.717) is 27.6 Å². The number of imide groups is 2. The second-order valence-corrected chi connectivity index (χ2v) is 7.49. The van der Waals surface area contributed by atoms with Crippen molar-refractivity contribution in [3.05, 3.63) is 46.7 Å². The summed E-state index contributed by atoms with van der Waals surface area (Å²) in [4.78, 5) is 62.6. The molecule has 0 radical (unpaired) electrons. The third-order valence-corrected chi connectivity index (χ3v) is 5.21. The zero-order chi connectivity index (χ0) is 21.7. The first-order valence-corrected chi connectivity index (χ1v) is 10.2. The molecule has 0 saturated carbocycles. The molecule has 1 aromatic heterocycles. The molecule has 2 aromatic rings. The van der Waals surface area contributed by atoms with Crippen LogP contribution in [0.2, 0.25) is 0 Å². The molecule has 0 spiro atoms. The van der Waals surface area contributed by atoms with Gasteiger partial charge in [-0.25, -0.2) is 9.69 Å². The number of anilines is 2. The monoisotopic (exact) mass is 428 g/mol. The van der Waals surface area contributed by atoms with Gasteiger partial charge in [0.15, 0.2) is 0 Å². The van der Waals surface area contributed by atoms with Gasteiger partial charge in [-0.3, -0.25) is 24.1 Å². The van der Waals surface area contributed by atoms with Crippen LogP contribution in [0.25, 0.3) is 0 Å². The van der Waals surface area contributed by atoms with Crippen molar-refractivity contribution >= 4 is 52.4 Å². The topological polar surface area (TPSA) is 116 Å². The zero-order valence-corrected chi connectivity index (χ0v) is 17.0. The number of benzene rings is 1. The maximum absolute atomic E-state index is 12.3. The van der Waals surface area contributed by atoms with E-state index in [-0.39, 0.29) is 12.5 Å². The predicted octanol–water partition coefficient (Wildman–Crippen LogP) is 2.53. The van der Waals surface area contributed by atoms with Crippen LogP contribution in [0.4, 0.5) is 16.2 Å². The van der Waals surface area contributed by atoms with Gasteiger partial charge in [0.1, 0.15) is 6.54 Å². The fourth-order valence-corrected chi connectivity index (χ4v) is 3.40. The molecule has 0 bridgehead atoms. The lowest BCUT2D eigenvalue weighted by Crippen LogP contribution is -2.39. The normalized spacial score (nSPS) is 13.7. The van der Waals surface area contributed by atoms with E-state index in [4.69, 9.17) is 0 Å². The van der Waals surface area contributed by atoms with Crippen molar-refractivity contribution in [1.82, 2.24) is 9.80 Å². The Morgan fingerprint density at radius 2 is 1.57 bits per heavy atom. The summed E-state index contributed by atoms with van der Waals surface area (Å²) in [6.07, 6.45) is 1.34. The summed E-state index contributed by atoms with van der Waals surface area (Å²) in [7, 11) is 0. The van der Waals surface area contributed by atoms with Crippen molar-refractivity contribution < 1.29 is 24.0 Å². The standard InChI is InChI=1S/C20H20N4O5S/c1-2-3-10-23-18(27)19(28)24(20(23)29)12-16(25)21-13-6-8-14(9-7-13)22-17(26)15-5-4-11-30-15/h4-9,11H,2-3,10,12H2,1H3,(H,21,25)(H,22,26). The Morgan fingerprint density at radius 1 is 0.933 bits per heavy atom. The SMILES string of the molecule is CCCCN1C(=O)C(=O)N(CC(=O)Nc2ccc(NC(=O)c3cccs3)cc2)C1=O. The number of hydrogen-bond acceptors (Lipinski definition) is 6. The minimum absolute atomic E-state index is 0.149. The summed E-state index contributed by atoms with van der Waals surface area (Å²) in [6, 6.07) is 9.10. The highest BCUT2D eigenvalue weighted by molar-refractivity contribution is 7.12. The highest BCUT2D eigenvalue weighted by Crippen LogP contribution is 2.17. The third-order valence-electron chi connectivity index (χ3n) is 4.34. The Morgan fingerprint density at radius 3 is 2.17 bits per heavy atom. The maximum Gasteiger partial charge on any atom is 0.334 e. The van der Waals surface area contributed by atoms with Gasteiger partial charge in [-0.1, -0.05) is 19.4 Å². The number of nitrogens with one attached hydrogen (secondary N) is 2. The van der Waals surface area contributed by atoms with E-state index in [9.17, 15) is 24.0 Å². The molecule has 1 aromatic carbocycles. The van der Waals surface area contributed by atoms with Crippen LogP contribution in [-0.2, 0) is 14.4 Å². The van der Waals surface area contributed by atoms with Crippen molar-refractivity contribution in [1.29, 1.82) is 0 Å². The zero-order valence-electron chi connectivity index (χ0n) is 16.2. The van der Waals surface area contributed by atoms with E-state index < -0.39 is 30.3 Å². The second kappa shape index (κ2) is 9.31. The summed E-state index contributed by atoms with van der Waals surface area (Å²) in [5, 5.41) is 7.11. The number of nitrogens with zero attached hydrogens (tertiary/aromatic N) is 2. The number of amides is 6. The van der Waals surface area contributed by atoms with E-state index >= 15 is 0 Å². The Balaban J connectivity index is 1.56. The van der Waals surface area contributed by atoms with Crippen molar-refractivity contribution in [2.75, 3.05) is 23.7 Å². The summed E-state index contributed by atoms with van der Waals surface area (Å²) >= 11 is 1.33. The quantitative estimate of drug-likeness (QED) is 0.495. The molecule has 1 aliphatic heterocycles. The number of urea groups is 1. The van der Waals surface area contributed by atoms with Crippen molar-refractivity contribution in [3.8, 4) is 0 Å². The molecule has 10 heteroatoms. The first kappa shape index (κ1) is 21.2. The molecule has 1 fully saturated rings. The van der Waals surface area contributed by atoms with Crippen LogP contribution >= 0.6 is 11.3 Å². The molecule has 156 valence electrons. The van der Waals surface area contributed by atoms with Gasteiger partial charge in [0.25, 0.3) is 5.91 Å². The highest BCUT2D eigenvalue weighted by Gasteiger charge is 2.44. The molecule has 3 rings (SSSR count). The maximum atomic E-state index is 12.3. The van der Waals surface area contributed by atoms with Crippen LogP contribution in [0.15, 0.2) is 41.8 Å². The highest BCUT2D eigenvalue weighted by atomic mass is 32.1. The Labute approximate surface area is 176 Å². The summed E-state index contributed by atoms with van der Waals surface area (Å²) in [6.45, 7) is 1.50. The molecule has 6 amide bonds. The smallest absolute Gasteiger partial charge is 0.325 e. The summed E-state index contributed by atoms with van der Waals surface area (Å²) < 4.78 is 0. The number of thiophene rings is 1. The number of unbranched alkanes of at least 4 members (excludes halogenated alkanes) is 1. The van der Waals surface area contributed by atoms with Crippen LogP contribution < -0.4 is 10.6 Å². The van der Waals surface area contributed by atoms with Gasteiger partial charge >= 0.3 is 17.8 Å².